The third kappa shape index (κ3) is 5.53. The van der Waals surface area contributed by atoms with E-state index < -0.39 is 23.6 Å². The first-order valence-electron chi connectivity index (χ1n) is 8.11. The van der Waals surface area contributed by atoms with E-state index in [0.29, 0.717) is 19.6 Å². The van der Waals surface area contributed by atoms with Crippen molar-refractivity contribution in [2.75, 3.05) is 13.1 Å². The number of piperidine rings is 1. The number of nitrogens with zero attached hydrogens (tertiary/aromatic N) is 1. The molecule has 1 N–H and O–H groups in total. The molecule has 0 radical (unpaired) electrons. The minimum Gasteiger partial charge on any atom is -0.481 e. The highest BCUT2D eigenvalue weighted by Crippen LogP contribution is 2.22. The standard InChI is InChI=1S/C18H25NO5/c1-18(2,3)24-17(22)19-10-14(16(20)21)9-15(11-19)23-12-13-7-5-4-6-8-13/h4-8,14-15H,9-12H2,1-3H3,(H,20,21). The van der Waals surface area contributed by atoms with E-state index in [4.69, 9.17) is 9.47 Å². The zero-order valence-electron chi connectivity index (χ0n) is 14.4. The van der Waals surface area contributed by atoms with Gasteiger partial charge in [-0.1, -0.05) is 30.3 Å². The van der Waals surface area contributed by atoms with Gasteiger partial charge in [0.05, 0.1) is 25.2 Å². The van der Waals surface area contributed by atoms with Crippen molar-refractivity contribution in [3.05, 3.63) is 35.9 Å². The molecule has 1 fully saturated rings. The molecule has 1 amide bonds. The van der Waals surface area contributed by atoms with Crippen LogP contribution in [0.4, 0.5) is 4.79 Å². The number of hydrogen-bond acceptors (Lipinski definition) is 4. The topological polar surface area (TPSA) is 76.1 Å². The number of likely N-dealkylation sites (tertiary alicyclic amines) is 1. The molecule has 0 aliphatic carbocycles. The molecular weight excluding hydrogens is 310 g/mol. The van der Waals surface area contributed by atoms with Gasteiger partial charge in [-0.25, -0.2) is 4.79 Å². The molecule has 1 aliphatic rings. The summed E-state index contributed by atoms with van der Waals surface area (Å²) in [6.45, 7) is 6.23. The fourth-order valence-electron chi connectivity index (χ4n) is 2.62. The third-order valence-electron chi connectivity index (χ3n) is 3.74. The summed E-state index contributed by atoms with van der Waals surface area (Å²) < 4.78 is 11.2. The SMILES string of the molecule is CC(C)(C)OC(=O)N1CC(OCc2ccccc2)CC(C(=O)O)C1. The maximum atomic E-state index is 12.3. The van der Waals surface area contributed by atoms with Crippen molar-refractivity contribution in [3.63, 3.8) is 0 Å². The van der Waals surface area contributed by atoms with Gasteiger partial charge in [-0.3, -0.25) is 4.79 Å². The molecule has 1 aromatic carbocycles. The van der Waals surface area contributed by atoms with Crippen LogP contribution in [-0.2, 0) is 20.9 Å². The molecule has 6 nitrogen and oxygen atoms in total. The molecular formula is C18H25NO5. The van der Waals surface area contributed by atoms with Crippen LogP contribution in [0, 0.1) is 5.92 Å². The Hall–Kier alpha value is -2.08. The number of amides is 1. The number of carbonyl (C=O) groups excluding carboxylic acids is 1. The molecule has 2 rings (SSSR count). The van der Waals surface area contributed by atoms with Gasteiger partial charge < -0.3 is 19.5 Å². The van der Waals surface area contributed by atoms with E-state index in [9.17, 15) is 14.7 Å². The third-order valence-corrected chi connectivity index (χ3v) is 3.74. The number of carboxylic acid groups (broad SMARTS) is 1. The summed E-state index contributed by atoms with van der Waals surface area (Å²) in [5.74, 6) is -1.57. The largest absolute Gasteiger partial charge is 0.481 e. The lowest BCUT2D eigenvalue weighted by Gasteiger charge is -2.36. The van der Waals surface area contributed by atoms with E-state index >= 15 is 0 Å². The van der Waals surface area contributed by atoms with E-state index in [-0.39, 0.29) is 12.6 Å². The number of carbonyl (C=O) groups is 2. The van der Waals surface area contributed by atoms with Crippen LogP contribution in [0.1, 0.15) is 32.8 Å². The summed E-state index contributed by atoms with van der Waals surface area (Å²) in [5.41, 5.74) is 0.395. The first-order valence-corrected chi connectivity index (χ1v) is 8.11. The van der Waals surface area contributed by atoms with E-state index in [0.717, 1.165) is 5.56 Å². The minimum atomic E-state index is -0.920. The second kappa shape index (κ2) is 7.66. The Bertz CT molecular complexity index is 567. The zero-order valence-corrected chi connectivity index (χ0v) is 14.4. The highest BCUT2D eigenvalue weighted by molar-refractivity contribution is 5.73. The van der Waals surface area contributed by atoms with Crippen LogP contribution in [0.3, 0.4) is 0 Å². The summed E-state index contributed by atoms with van der Waals surface area (Å²) >= 11 is 0. The van der Waals surface area contributed by atoms with Crippen LogP contribution in [0.2, 0.25) is 0 Å². The van der Waals surface area contributed by atoms with Crippen molar-refractivity contribution in [1.29, 1.82) is 0 Å². The van der Waals surface area contributed by atoms with E-state index in [1.165, 1.54) is 4.90 Å². The predicted octanol–water partition coefficient (Wildman–Crippen LogP) is 2.91. The van der Waals surface area contributed by atoms with Gasteiger partial charge in [-0.15, -0.1) is 0 Å². The van der Waals surface area contributed by atoms with Gasteiger partial charge >= 0.3 is 12.1 Å². The lowest BCUT2D eigenvalue weighted by atomic mass is 9.96. The first kappa shape index (κ1) is 18.3. The Morgan fingerprint density at radius 3 is 2.46 bits per heavy atom. The Labute approximate surface area is 142 Å². The maximum Gasteiger partial charge on any atom is 0.410 e. The summed E-state index contributed by atoms with van der Waals surface area (Å²) in [6, 6.07) is 9.67. The molecule has 0 saturated carbocycles. The van der Waals surface area contributed by atoms with Crippen LogP contribution in [0.5, 0.6) is 0 Å². The van der Waals surface area contributed by atoms with Gasteiger partial charge in [0, 0.05) is 6.54 Å². The van der Waals surface area contributed by atoms with Gasteiger partial charge in [-0.2, -0.15) is 0 Å². The molecule has 2 unspecified atom stereocenters. The number of ether oxygens (including phenoxy) is 2. The van der Waals surface area contributed by atoms with Gasteiger partial charge in [0.1, 0.15) is 5.60 Å². The van der Waals surface area contributed by atoms with Crippen LogP contribution in [0.25, 0.3) is 0 Å². The lowest BCUT2D eigenvalue weighted by Crippen LogP contribution is -2.50. The smallest absolute Gasteiger partial charge is 0.410 e. The molecule has 0 spiro atoms. The Morgan fingerprint density at radius 2 is 1.88 bits per heavy atom. The Morgan fingerprint density at radius 1 is 1.21 bits per heavy atom. The molecule has 1 aliphatic heterocycles. The monoisotopic (exact) mass is 335 g/mol. The Kier molecular flexibility index (Phi) is 5.83. The van der Waals surface area contributed by atoms with Gasteiger partial charge in [0.2, 0.25) is 0 Å². The quantitative estimate of drug-likeness (QED) is 0.915. The molecule has 132 valence electrons. The fraction of sp³-hybridized carbons (Fsp3) is 0.556. The second-order valence-corrected chi connectivity index (χ2v) is 7.07. The van der Waals surface area contributed by atoms with Crippen molar-refractivity contribution in [2.24, 2.45) is 5.92 Å². The van der Waals surface area contributed by atoms with Crippen molar-refractivity contribution in [2.45, 2.75) is 45.5 Å². The minimum absolute atomic E-state index is 0.148. The predicted molar refractivity (Wildman–Crippen MR) is 88.6 cm³/mol. The van der Waals surface area contributed by atoms with E-state index in [1.807, 2.05) is 30.3 Å². The van der Waals surface area contributed by atoms with Gasteiger partial charge in [0.15, 0.2) is 0 Å². The maximum absolute atomic E-state index is 12.3. The molecule has 6 heteroatoms. The average molecular weight is 335 g/mol. The highest BCUT2D eigenvalue weighted by Gasteiger charge is 2.36. The fourth-order valence-corrected chi connectivity index (χ4v) is 2.62. The number of aliphatic carboxylic acids is 1. The lowest BCUT2D eigenvalue weighted by molar-refractivity contribution is -0.146. The molecule has 1 heterocycles. The first-order chi connectivity index (χ1) is 11.2. The van der Waals surface area contributed by atoms with Crippen LogP contribution in [0.15, 0.2) is 30.3 Å². The number of benzene rings is 1. The summed E-state index contributed by atoms with van der Waals surface area (Å²) in [7, 11) is 0. The van der Waals surface area contributed by atoms with Crippen LogP contribution in [-0.4, -0.2) is 46.9 Å². The second-order valence-electron chi connectivity index (χ2n) is 7.07. The summed E-state index contributed by atoms with van der Waals surface area (Å²) in [5, 5.41) is 9.34. The van der Waals surface area contributed by atoms with Crippen LogP contribution < -0.4 is 0 Å². The van der Waals surface area contributed by atoms with Crippen molar-refractivity contribution in [1.82, 2.24) is 4.90 Å². The van der Waals surface area contributed by atoms with E-state index in [2.05, 4.69) is 0 Å². The Balaban J connectivity index is 2.00. The zero-order chi connectivity index (χ0) is 17.7. The van der Waals surface area contributed by atoms with Crippen LogP contribution >= 0.6 is 0 Å². The number of carboxylic acids is 1. The van der Waals surface area contributed by atoms with Crippen molar-refractivity contribution < 1.29 is 24.2 Å². The van der Waals surface area contributed by atoms with Crippen molar-refractivity contribution >= 4 is 12.1 Å². The van der Waals surface area contributed by atoms with Crippen molar-refractivity contribution in [3.8, 4) is 0 Å². The van der Waals surface area contributed by atoms with Gasteiger partial charge in [0.25, 0.3) is 0 Å². The molecule has 0 aromatic heterocycles. The molecule has 0 bridgehead atoms. The summed E-state index contributed by atoms with van der Waals surface area (Å²) in [4.78, 5) is 25.1. The molecule has 1 saturated heterocycles. The molecule has 1 aromatic rings. The highest BCUT2D eigenvalue weighted by atomic mass is 16.6. The number of hydrogen-bond donors (Lipinski definition) is 1. The average Bonchev–Trinajstić information content (AvgIpc) is 2.52. The number of rotatable bonds is 4. The van der Waals surface area contributed by atoms with Gasteiger partial charge in [-0.05, 0) is 32.8 Å². The summed E-state index contributed by atoms with van der Waals surface area (Å²) in [6.07, 6.45) is -0.434. The van der Waals surface area contributed by atoms with E-state index in [1.54, 1.807) is 20.8 Å². The normalized spacial score (nSPS) is 21.4. The molecule has 2 atom stereocenters. The molecule has 24 heavy (non-hydrogen) atoms.